The van der Waals surface area contributed by atoms with E-state index >= 15 is 0 Å². The van der Waals surface area contributed by atoms with Crippen molar-refractivity contribution in [2.75, 3.05) is 26.7 Å². The number of carbonyl (C=O) groups is 2. The van der Waals surface area contributed by atoms with Gasteiger partial charge in [-0.05, 0) is 31.9 Å². The van der Waals surface area contributed by atoms with Crippen molar-refractivity contribution in [3.63, 3.8) is 0 Å². The summed E-state index contributed by atoms with van der Waals surface area (Å²) in [6, 6.07) is 7.76. The molecule has 3 aromatic rings. The molecule has 0 aliphatic carbocycles. The molecule has 1 fully saturated rings. The van der Waals surface area contributed by atoms with Crippen LogP contribution in [0.15, 0.2) is 30.5 Å². The van der Waals surface area contributed by atoms with E-state index < -0.39 is 0 Å². The van der Waals surface area contributed by atoms with Crippen molar-refractivity contribution in [2.45, 2.75) is 32.3 Å². The molecule has 1 aromatic carbocycles. The maximum atomic E-state index is 12.7. The van der Waals surface area contributed by atoms with Crippen molar-refractivity contribution in [3.8, 4) is 0 Å². The van der Waals surface area contributed by atoms with Gasteiger partial charge in [0.25, 0.3) is 5.91 Å². The second kappa shape index (κ2) is 9.22. The lowest BCUT2D eigenvalue weighted by molar-refractivity contribution is -0.137. The predicted octanol–water partition coefficient (Wildman–Crippen LogP) is 1.94. The van der Waals surface area contributed by atoms with Crippen molar-refractivity contribution in [3.05, 3.63) is 53.4 Å². The van der Waals surface area contributed by atoms with Gasteiger partial charge in [0.1, 0.15) is 24.9 Å². The minimum absolute atomic E-state index is 0.000735. The molecule has 2 N–H and O–H groups in total. The number of fused-ring (bicyclic) bond motifs is 1. The van der Waals surface area contributed by atoms with Gasteiger partial charge in [-0.25, -0.2) is 15.0 Å². The van der Waals surface area contributed by atoms with E-state index in [9.17, 15) is 9.59 Å². The van der Waals surface area contributed by atoms with Gasteiger partial charge >= 0.3 is 0 Å². The monoisotopic (exact) mass is 422 g/mol. The molecule has 0 spiro atoms. The second-order valence-corrected chi connectivity index (χ2v) is 7.68. The summed E-state index contributed by atoms with van der Waals surface area (Å²) in [5, 5.41) is 2.59. The van der Waals surface area contributed by atoms with Crippen LogP contribution in [0.4, 0.5) is 0 Å². The molecule has 0 radical (unpaired) electrons. The number of nitrogens with one attached hydrogen (secondary N) is 2. The number of aromatic amines is 1. The molecule has 1 aliphatic rings. The number of para-hydroxylation sites is 2. The van der Waals surface area contributed by atoms with E-state index in [1.807, 2.05) is 24.3 Å². The van der Waals surface area contributed by atoms with Crippen molar-refractivity contribution < 1.29 is 14.3 Å². The average molecular weight is 422 g/mol. The van der Waals surface area contributed by atoms with Crippen molar-refractivity contribution in [1.82, 2.24) is 30.2 Å². The summed E-state index contributed by atoms with van der Waals surface area (Å²) in [6.45, 7) is 3.29. The Morgan fingerprint density at radius 1 is 1.29 bits per heavy atom. The Morgan fingerprint density at radius 3 is 2.90 bits per heavy atom. The summed E-state index contributed by atoms with van der Waals surface area (Å²) < 4.78 is 5.62. The van der Waals surface area contributed by atoms with Crippen LogP contribution in [-0.2, 0) is 16.1 Å². The molecular weight excluding hydrogens is 396 g/mol. The third-order valence-electron chi connectivity index (χ3n) is 5.51. The highest BCUT2D eigenvalue weighted by Crippen LogP contribution is 2.25. The topological polar surface area (TPSA) is 113 Å². The van der Waals surface area contributed by atoms with Crippen LogP contribution in [-0.4, -0.2) is 63.4 Å². The van der Waals surface area contributed by atoms with Crippen molar-refractivity contribution >= 4 is 22.8 Å². The van der Waals surface area contributed by atoms with Gasteiger partial charge in [-0.2, -0.15) is 0 Å². The Balaban J connectivity index is 1.33. The fourth-order valence-corrected chi connectivity index (χ4v) is 3.85. The van der Waals surface area contributed by atoms with E-state index in [-0.39, 0.29) is 30.9 Å². The molecule has 1 saturated heterocycles. The van der Waals surface area contributed by atoms with Crippen LogP contribution < -0.4 is 5.32 Å². The number of likely N-dealkylation sites (tertiary alicyclic amines) is 1. The van der Waals surface area contributed by atoms with Crippen LogP contribution in [0, 0.1) is 6.92 Å². The molecule has 9 heteroatoms. The van der Waals surface area contributed by atoms with Crippen LogP contribution in [0.3, 0.4) is 0 Å². The number of ether oxygens (including phenoxy) is 1. The SMILES string of the molecule is CNC(=O)c1cnc([C@H]2CCCN(C(=O)COCc3nc4ccccc4[nH]3)C2)nc1C. The summed E-state index contributed by atoms with van der Waals surface area (Å²) in [7, 11) is 1.58. The highest BCUT2D eigenvalue weighted by Gasteiger charge is 2.27. The Bertz CT molecular complexity index is 1060. The van der Waals surface area contributed by atoms with Crippen LogP contribution in [0.25, 0.3) is 11.0 Å². The van der Waals surface area contributed by atoms with E-state index in [4.69, 9.17) is 4.74 Å². The molecule has 2 aromatic heterocycles. The van der Waals surface area contributed by atoms with Crippen molar-refractivity contribution in [1.29, 1.82) is 0 Å². The summed E-state index contributed by atoms with van der Waals surface area (Å²) in [4.78, 5) is 42.9. The number of imidazole rings is 1. The number of hydrogen-bond donors (Lipinski definition) is 2. The van der Waals surface area contributed by atoms with Gasteiger partial charge in [0.05, 0.1) is 22.3 Å². The normalized spacial score (nSPS) is 16.5. The van der Waals surface area contributed by atoms with E-state index in [1.54, 1.807) is 25.1 Å². The van der Waals surface area contributed by atoms with E-state index in [0.717, 1.165) is 23.9 Å². The smallest absolute Gasteiger partial charge is 0.254 e. The average Bonchev–Trinajstić information content (AvgIpc) is 3.21. The molecule has 3 heterocycles. The summed E-state index contributed by atoms with van der Waals surface area (Å²) in [5.74, 6) is 1.16. The summed E-state index contributed by atoms with van der Waals surface area (Å²) in [5.41, 5.74) is 2.93. The first-order chi connectivity index (χ1) is 15.0. The van der Waals surface area contributed by atoms with E-state index in [2.05, 4.69) is 25.3 Å². The number of H-pyrrole nitrogens is 1. The number of hydrogen-bond acceptors (Lipinski definition) is 6. The molecule has 9 nitrogen and oxygen atoms in total. The fraction of sp³-hybridized carbons (Fsp3) is 0.409. The number of nitrogens with zero attached hydrogens (tertiary/aromatic N) is 4. The molecule has 162 valence electrons. The Morgan fingerprint density at radius 2 is 2.13 bits per heavy atom. The third-order valence-corrected chi connectivity index (χ3v) is 5.51. The number of rotatable bonds is 6. The highest BCUT2D eigenvalue weighted by atomic mass is 16.5. The first kappa shape index (κ1) is 20.9. The minimum atomic E-state index is -0.203. The van der Waals surface area contributed by atoms with Gasteiger partial charge in [0.15, 0.2) is 0 Å². The second-order valence-electron chi connectivity index (χ2n) is 7.68. The standard InChI is InChI=1S/C22H26N6O3/c1-14-16(22(30)23-2)10-24-21(25-14)15-6-5-9-28(11-15)20(29)13-31-12-19-26-17-7-3-4-8-18(17)27-19/h3-4,7-8,10,15H,5-6,9,11-13H2,1-2H3,(H,23,30)(H,26,27)/t15-/m0/s1. The number of carbonyl (C=O) groups excluding carboxylic acids is 2. The third kappa shape index (κ3) is 4.72. The van der Waals surface area contributed by atoms with Gasteiger partial charge in [0, 0.05) is 32.3 Å². The predicted molar refractivity (Wildman–Crippen MR) is 114 cm³/mol. The molecule has 2 amide bonds. The largest absolute Gasteiger partial charge is 0.364 e. The van der Waals surface area contributed by atoms with Gasteiger partial charge in [-0.3, -0.25) is 9.59 Å². The number of amides is 2. The number of aryl methyl sites for hydroxylation is 1. The van der Waals surface area contributed by atoms with Gasteiger partial charge in [-0.1, -0.05) is 12.1 Å². The number of benzene rings is 1. The van der Waals surface area contributed by atoms with E-state index in [0.29, 0.717) is 36.0 Å². The maximum absolute atomic E-state index is 12.7. The lowest BCUT2D eigenvalue weighted by Gasteiger charge is -2.32. The van der Waals surface area contributed by atoms with Crippen molar-refractivity contribution in [2.24, 2.45) is 0 Å². The first-order valence-electron chi connectivity index (χ1n) is 10.4. The molecule has 0 bridgehead atoms. The molecule has 0 unspecified atom stereocenters. The lowest BCUT2D eigenvalue weighted by Crippen LogP contribution is -2.41. The Kier molecular flexibility index (Phi) is 6.22. The zero-order valence-electron chi connectivity index (χ0n) is 17.7. The van der Waals surface area contributed by atoms with Gasteiger partial charge in [0.2, 0.25) is 5.91 Å². The Hall–Kier alpha value is -3.33. The first-order valence-corrected chi connectivity index (χ1v) is 10.4. The van der Waals surface area contributed by atoms with Crippen LogP contribution >= 0.6 is 0 Å². The Labute approximate surface area is 180 Å². The quantitative estimate of drug-likeness (QED) is 0.628. The van der Waals surface area contributed by atoms with Crippen LogP contribution in [0.5, 0.6) is 0 Å². The zero-order chi connectivity index (χ0) is 21.8. The number of aromatic nitrogens is 4. The minimum Gasteiger partial charge on any atom is -0.364 e. The van der Waals surface area contributed by atoms with E-state index in [1.165, 1.54) is 0 Å². The molecule has 1 aliphatic heterocycles. The van der Waals surface area contributed by atoms with Crippen LogP contribution in [0.2, 0.25) is 0 Å². The summed E-state index contributed by atoms with van der Waals surface area (Å²) in [6.07, 6.45) is 3.34. The molecule has 0 saturated carbocycles. The van der Waals surface area contributed by atoms with Crippen LogP contribution in [0.1, 0.15) is 46.5 Å². The highest BCUT2D eigenvalue weighted by molar-refractivity contribution is 5.94. The van der Waals surface area contributed by atoms with Gasteiger partial charge in [-0.15, -0.1) is 0 Å². The molecular formula is C22H26N6O3. The maximum Gasteiger partial charge on any atom is 0.254 e. The molecule has 1 atom stereocenters. The molecule has 31 heavy (non-hydrogen) atoms. The van der Waals surface area contributed by atoms with Gasteiger partial charge < -0.3 is 19.9 Å². The molecule has 4 rings (SSSR count). The summed E-state index contributed by atoms with van der Waals surface area (Å²) >= 11 is 0. The number of piperidine rings is 1. The zero-order valence-corrected chi connectivity index (χ0v) is 17.7. The fourth-order valence-electron chi connectivity index (χ4n) is 3.85. The lowest BCUT2D eigenvalue weighted by atomic mass is 9.97.